The number of esters is 1. The van der Waals surface area contributed by atoms with Crippen molar-refractivity contribution >= 4 is 17.9 Å². The van der Waals surface area contributed by atoms with Crippen LogP contribution in [0.25, 0.3) is 0 Å². The van der Waals surface area contributed by atoms with Gasteiger partial charge in [-0.05, 0) is 67.6 Å². The summed E-state index contributed by atoms with van der Waals surface area (Å²) in [4.78, 5) is 16.3. The second kappa shape index (κ2) is 9.76. The molecule has 0 amide bonds. The van der Waals surface area contributed by atoms with Crippen molar-refractivity contribution in [3.63, 3.8) is 0 Å². The maximum atomic E-state index is 11.6. The van der Waals surface area contributed by atoms with Crippen molar-refractivity contribution in [2.24, 2.45) is 4.99 Å². The number of ether oxygens (including phenoxy) is 2. The summed E-state index contributed by atoms with van der Waals surface area (Å²) in [6, 6.07) is 13.9. The Morgan fingerprint density at radius 1 is 1.04 bits per heavy atom. The molecule has 0 aliphatic rings. The van der Waals surface area contributed by atoms with Crippen molar-refractivity contribution in [3.05, 3.63) is 59.2 Å². The molecule has 1 unspecified atom stereocenters. The summed E-state index contributed by atoms with van der Waals surface area (Å²) in [6.07, 6.45) is 3.16. The summed E-state index contributed by atoms with van der Waals surface area (Å²) in [5, 5.41) is 0. The van der Waals surface area contributed by atoms with E-state index in [1.807, 2.05) is 30.5 Å². The molecule has 4 heteroatoms. The van der Waals surface area contributed by atoms with Crippen molar-refractivity contribution in [2.45, 2.75) is 46.6 Å². The summed E-state index contributed by atoms with van der Waals surface area (Å²) in [6.45, 7) is 8.09. The molecule has 0 saturated heterocycles. The predicted molar refractivity (Wildman–Crippen MR) is 106 cm³/mol. The molecule has 138 valence electrons. The Morgan fingerprint density at radius 3 is 2.19 bits per heavy atom. The summed E-state index contributed by atoms with van der Waals surface area (Å²) < 4.78 is 10.5. The summed E-state index contributed by atoms with van der Waals surface area (Å²) in [5.74, 6) is 0.271. The van der Waals surface area contributed by atoms with Crippen LogP contribution in [-0.2, 0) is 22.4 Å². The van der Waals surface area contributed by atoms with Gasteiger partial charge in [0, 0.05) is 6.21 Å². The Morgan fingerprint density at radius 2 is 1.65 bits per heavy atom. The molecule has 1 atom stereocenters. The number of para-hydroxylation sites is 1. The van der Waals surface area contributed by atoms with E-state index >= 15 is 0 Å². The van der Waals surface area contributed by atoms with E-state index in [1.54, 1.807) is 13.8 Å². The largest absolute Gasteiger partial charge is 0.479 e. The van der Waals surface area contributed by atoms with Gasteiger partial charge >= 0.3 is 5.97 Å². The Kier molecular flexibility index (Phi) is 7.39. The first-order chi connectivity index (χ1) is 12.6. The lowest BCUT2D eigenvalue weighted by Gasteiger charge is -2.13. The van der Waals surface area contributed by atoms with Gasteiger partial charge in [0.2, 0.25) is 0 Å². The third-order valence-corrected chi connectivity index (χ3v) is 4.12. The minimum Gasteiger partial charge on any atom is -0.479 e. The van der Waals surface area contributed by atoms with Crippen LogP contribution in [0.2, 0.25) is 0 Å². The summed E-state index contributed by atoms with van der Waals surface area (Å²) >= 11 is 0. The van der Waals surface area contributed by atoms with E-state index in [4.69, 9.17) is 14.5 Å². The first kappa shape index (κ1) is 19.7. The Balaban J connectivity index is 2.10. The third kappa shape index (κ3) is 5.19. The zero-order valence-corrected chi connectivity index (χ0v) is 16.0. The molecule has 0 spiro atoms. The molecule has 0 fully saturated rings. The van der Waals surface area contributed by atoms with Crippen LogP contribution < -0.4 is 4.74 Å². The van der Waals surface area contributed by atoms with E-state index in [9.17, 15) is 4.79 Å². The number of aliphatic imine (C=N–C) groups is 1. The number of carbonyl (C=O) groups is 1. The fourth-order valence-electron chi connectivity index (χ4n) is 2.66. The van der Waals surface area contributed by atoms with Crippen molar-refractivity contribution in [2.75, 3.05) is 6.61 Å². The lowest BCUT2D eigenvalue weighted by atomic mass is 10.0. The van der Waals surface area contributed by atoms with E-state index in [-0.39, 0.29) is 5.97 Å². The molecular weight excluding hydrogens is 326 g/mol. The highest BCUT2D eigenvalue weighted by atomic mass is 16.6. The SMILES string of the molecule is CCOC(=O)C(C)Oc1ccc(C=Nc2c(CC)cccc2CC)cc1. The number of hydrogen-bond donors (Lipinski definition) is 0. The number of rotatable bonds is 8. The number of carbonyl (C=O) groups excluding carboxylic acids is 1. The molecule has 0 aliphatic heterocycles. The molecule has 0 heterocycles. The molecule has 2 aromatic rings. The van der Waals surface area contributed by atoms with Crippen molar-refractivity contribution in [1.82, 2.24) is 0 Å². The van der Waals surface area contributed by atoms with Gasteiger partial charge in [0.15, 0.2) is 6.10 Å². The fraction of sp³-hybridized carbons (Fsp3) is 0.364. The van der Waals surface area contributed by atoms with Crippen molar-refractivity contribution < 1.29 is 14.3 Å². The lowest BCUT2D eigenvalue weighted by molar-refractivity contribution is -0.150. The number of nitrogens with zero attached hydrogens (tertiary/aromatic N) is 1. The van der Waals surface area contributed by atoms with E-state index < -0.39 is 6.10 Å². The molecule has 0 aliphatic carbocycles. The number of hydrogen-bond acceptors (Lipinski definition) is 4. The first-order valence-electron chi connectivity index (χ1n) is 9.17. The van der Waals surface area contributed by atoms with Crippen LogP contribution in [0.5, 0.6) is 5.75 Å². The molecule has 0 radical (unpaired) electrons. The second-order valence-electron chi connectivity index (χ2n) is 5.97. The van der Waals surface area contributed by atoms with Crippen LogP contribution in [0.4, 0.5) is 5.69 Å². The zero-order valence-electron chi connectivity index (χ0n) is 16.0. The topological polar surface area (TPSA) is 47.9 Å². The van der Waals surface area contributed by atoms with Crippen LogP contribution in [0.1, 0.15) is 44.4 Å². The molecule has 4 nitrogen and oxygen atoms in total. The van der Waals surface area contributed by atoms with Gasteiger partial charge in [0.1, 0.15) is 5.75 Å². The van der Waals surface area contributed by atoms with Gasteiger partial charge in [-0.3, -0.25) is 4.99 Å². The first-order valence-corrected chi connectivity index (χ1v) is 9.17. The standard InChI is InChI=1S/C22H27NO3/c1-5-18-9-8-10-19(6-2)21(18)23-15-17-11-13-20(14-12-17)26-16(4)22(24)25-7-3/h8-16H,5-7H2,1-4H3. The van der Waals surface area contributed by atoms with E-state index in [2.05, 4.69) is 32.0 Å². The average Bonchev–Trinajstić information content (AvgIpc) is 2.67. The number of benzene rings is 2. The molecule has 0 N–H and O–H groups in total. The molecule has 0 aromatic heterocycles. The summed E-state index contributed by atoms with van der Waals surface area (Å²) in [7, 11) is 0. The van der Waals surface area contributed by atoms with Crippen LogP contribution >= 0.6 is 0 Å². The summed E-state index contributed by atoms with van der Waals surface area (Å²) in [5.41, 5.74) is 4.55. The van der Waals surface area contributed by atoms with Crippen LogP contribution in [0.3, 0.4) is 0 Å². The monoisotopic (exact) mass is 353 g/mol. The minimum absolute atomic E-state index is 0.348. The van der Waals surface area contributed by atoms with Gasteiger partial charge in [-0.1, -0.05) is 32.0 Å². The normalized spacial score (nSPS) is 12.2. The van der Waals surface area contributed by atoms with Crippen molar-refractivity contribution in [1.29, 1.82) is 0 Å². The second-order valence-corrected chi connectivity index (χ2v) is 5.97. The molecule has 2 aromatic carbocycles. The Bertz CT molecular complexity index is 728. The highest BCUT2D eigenvalue weighted by Gasteiger charge is 2.15. The van der Waals surface area contributed by atoms with Crippen LogP contribution in [-0.4, -0.2) is 24.9 Å². The van der Waals surface area contributed by atoms with Gasteiger partial charge < -0.3 is 9.47 Å². The van der Waals surface area contributed by atoms with Gasteiger partial charge in [-0.25, -0.2) is 4.79 Å². The average molecular weight is 353 g/mol. The molecule has 26 heavy (non-hydrogen) atoms. The maximum absolute atomic E-state index is 11.6. The minimum atomic E-state index is -0.627. The third-order valence-electron chi connectivity index (χ3n) is 4.12. The molecule has 2 rings (SSSR count). The van der Waals surface area contributed by atoms with Crippen molar-refractivity contribution in [3.8, 4) is 5.75 Å². The zero-order chi connectivity index (χ0) is 18.9. The van der Waals surface area contributed by atoms with E-state index in [1.165, 1.54) is 11.1 Å². The maximum Gasteiger partial charge on any atom is 0.347 e. The van der Waals surface area contributed by atoms with Gasteiger partial charge in [0.25, 0.3) is 0 Å². The molecular formula is C22H27NO3. The van der Waals surface area contributed by atoms with Crippen LogP contribution in [0.15, 0.2) is 47.5 Å². The van der Waals surface area contributed by atoms with Crippen LogP contribution in [0, 0.1) is 0 Å². The smallest absolute Gasteiger partial charge is 0.347 e. The number of aryl methyl sites for hydroxylation is 2. The van der Waals surface area contributed by atoms with E-state index in [0.29, 0.717) is 12.4 Å². The lowest BCUT2D eigenvalue weighted by Crippen LogP contribution is -2.26. The van der Waals surface area contributed by atoms with E-state index in [0.717, 1.165) is 24.1 Å². The van der Waals surface area contributed by atoms with Gasteiger partial charge in [0.05, 0.1) is 12.3 Å². The Hall–Kier alpha value is -2.62. The molecule has 0 saturated carbocycles. The fourth-order valence-corrected chi connectivity index (χ4v) is 2.66. The molecule has 0 bridgehead atoms. The Labute approximate surface area is 155 Å². The predicted octanol–water partition coefficient (Wildman–Crippen LogP) is 4.89. The highest BCUT2D eigenvalue weighted by molar-refractivity contribution is 5.83. The quantitative estimate of drug-likeness (QED) is 0.501. The highest BCUT2D eigenvalue weighted by Crippen LogP contribution is 2.25. The van der Waals surface area contributed by atoms with Gasteiger partial charge in [-0.15, -0.1) is 0 Å². The van der Waals surface area contributed by atoms with Gasteiger partial charge in [-0.2, -0.15) is 0 Å².